The van der Waals surface area contributed by atoms with Crippen LogP contribution in [0.1, 0.15) is 34.6 Å². The Hall–Kier alpha value is -2.34. The van der Waals surface area contributed by atoms with Crippen LogP contribution >= 0.6 is 11.3 Å². The molecule has 1 aromatic heterocycles. The van der Waals surface area contributed by atoms with Crippen molar-refractivity contribution in [2.45, 2.75) is 33.4 Å². The van der Waals surface area contributed by atoms with Crippen LogP contribution < -0.4 is 10.1 Å². The molecule has 5 nitrogen and oxygen atoms in total. The molecule has 0 radical (unpaired) electrons. The van der Waals surface area contributed by atoms with E-state index in [1.165, 1.54) is 10.4 Å². The van der Waals surface area contributed by atoms with Crippen molar-refractivity contribution < 1.29 is 14.3 Å². The third-order valence-electron chi connectivity index (χ3n) is 4.03. The van der Waals surface area contributed by atoms with Crippen molar-refractivity contribution in [1.29, 1.82) is 0 Å². The number of aryl methyl sites for hydroxylation is 1. The Morgan fingerprint density at radius 3 is 2.83 bits per heavy atom. The predicted molar refractivity (Wildman–Crippen MR) is 94.6 cm³/mol. The van der Waals surface area contributed by atoms with Crippen molar-refractivity contribution in [2.75, 3.05) is 11.9 Å². The molecule has 1 aliphatic rings. The molecule has 6 heteroatoms. The van der Waals surface area contributed by atoms with Gasteiger partial charge in [-0.3, -0.25) is 9.59 Å². The standard InChI is InChI=1S/C18H20N2O3S/c1-11(2)20(9-15-12(3)7-8-24-15)18(22)13-5-4-6-14-17(13)23-10-16(21)19-14/h4-8,11H,9-10H2,1-3H3,(H,19,21). The van der Waals surface area contributed by atoms with Gasteiger partial charge in [0.2, 0.25) is 0 Å². The van der Waals surface area contributed by atoms with Gasteiger partial charge in [0.05, 0.1) is 17.8 Å². The number of benzene rings is 1. The lowest BCUT2D eigenvalue weighted by Gasteiger charge is -2.28. The smallest absolute Gasteiger partial charge is 0.262 e. The Bertz CT molecular complexity index is 782. The van der Waals surface area contributed by atoms with Gasteiger partial charge in [-0.05, 0) is 49.9 Å². The number of rotatable bonds is 4. The first-order chi connectivity index (χ1) is 11.5. The van der Waals surface area contributed by atoms with Gasteiger partial charge in [0.25, 0.3) is 11.8 Å². The van der Waals surface area contributed by atoms with Crippen LogP contribution in [-0.2, 0) is 11.3 Å². The van der Waals surface area contributed by atoms with Crippen molar-refractivity contribution in [2.24, 2.45) is 0 Å². The van der Waals surface area contributed by atoms with E-state index in [-0.39, 0.29) is 24.5 Å². The first kappa shape index (κ1) is 16.5. The molecule has 24 heavy (non-hydrogen) atoms. The van der Waals surface area contributed by atoms with Crippen molar-refractivity contribution in [1.82, 2.24) is 4.90 Å². The summed E-state index contributed by atoms with van der Waals surface area (Å²) in [5, 5.41) is 4.78. The van der Waals surface area contributed by atoms with Gasteiger partial charge >= 0.3 is 0 Å². The van der Waals surface area contributed by atoms with Crippen molar-refractivity contribution in [3.8, 4) is 5.75 Å². The summed E-state index contributed by atoms with van der Waals surface area (Å²) < 4.78 is 5.52. The van der Waals surface area contributed by atoms with Crippen LogP contribution in [0.15, 0.2) is 29.6 Å². The van der Waals surface area contributed by atoms with E-state index in [2.05, 4.69) is 18.3 Å². The summed E-state index contributed by atoms with van der Waals surface area (Å²) in [7, 11) is 0. The van der Waals surface area contributed by atoms with Gasteiger partial charge in [-0.1, -0.05) is 6.07 Å². The van der Waals surface area contributed by atoms with E-state index < -0.39 is 0 Å². The number of hydrogen-bond donors (Lipinski definition) is 1. The number of anilines is 1. The number of fused-ring (bicyclic) bond motifs is 1. The molecule has 0 saturated heterocycles. The minimum Gasteiger partial charge on any atom is -0.481 e. The molecule has 3 rings (SSSR count). The number of amides is 2. The quantitative estimate of drug-likeness (QED) is 0.924. The maximum Gasteiger partial charge on any atom is 0.262 e. The highest BCUT2D eigenvalue weighted by molar-refractivity contribution is 7.10. The molecule has 1 N–H and O–H groups in total. The zero-order valence-electron chi connectivity index (χ0n) is 14.0. The van der Waals surface area contributed by atoms with E-state index in [4.69, 9.17) is 4.74 Å². The Kier molecular flexibility index (Phi) is 4.57. The fraction of sp³-hybridized carbons (Fsp3) is 0.333. The molecular formula is C18H20N2O3S. The third-order valence-corrected chi connectivity index (χ3v) is 5.04. The normalized spacial score (nSPS) is 13.2. The SMILES string of the molecule is Cc1ccsc1CN(C(=O)c1cccc2c1OCC(=O)N2)C(C)C. The van der Waals surface area contributed by atoms with Gasteiger partial charge in [-0.15, -0.1) is 11.3 Å². The largest absolute Gasteiger partial charge is 0.481 e. The number of thiophene rings is 1. The second-order valence-electron chi connectivity index (χ2n) is 6.07. The van der Waals surface area contributed by atoms with Crippen molar-refractivity contribution in [3.63, 3.8) is 0 Å². The first-order valence-electron chi connectivity index (χ1n) is 7.87. The number of nitrogens with one attached hydrogen (secondary N) is 1. The topological polar surface area (TPSA) is 58.6 Å². The molecule has 0 atom stereocenters. The summed E-state index contributed by atoms with van der Waals surface area (Å²) in [5.74, 6) is 0.156. The molecule has 0 aliphatic carbocycles. The molecule has 0 spiro atoms. The summed E-state index contributed by atoms with van der Waals surface area (Å²) in [6.07, 6.45) is 0. The predicted octanol–water partition coefficient (Wildman–Crippen LogP) is 3.44. The van der Waals surface area contributed by atoms with Crippen LogP contribution in [0.4, 0.5) is 5.69 Å². The zero-order valence-corrected chi connectivity index (χ0v) is 14.8. The zero-order chi connectivity index (χ0) is 17.3. The highest BCUT2D eigenvalue weighted by atomic mass is 32.1. The molecule has 0 unspecified atom stereocenters. The van der Waals surface area contributed by atoms with Crippen molar-refractivity contribution >= 4 is 28.8 Å². The van der Waals surface area contributed by atoms with Gasteiger partial charge in [0.15, 0.2) is 12.4 Å². The van der Waals surface area contributed by atoms with Gasteiger partial charge in [-0.2, -0.15) is 0 Å². The van der Waals surface area contributed by atoms with Crippen LogP contribution in [-0.4, -0.2) is 29.4 Å². The lowest BCUT2D eigenvalue weighted by Crippen LogP contribution is -2.37. The Morgan fingerprint density at radius 1 is 1.38 bits per heavy atom. The lowest BCUT2D eigenvalue weighted by molar-refractivity contribution is -0.118. The summed E-state index contributed by atoms with van der Waals surface area (Å²) in [5.41, 5.74) is 2.22. The van der Waals surface area contributed by atoms with Gasteiger partial charge in [0, 0.05) is 10.9 Å². The van der Waals surface area contributed by atoms with Gasteiger partial charge in [-0.25, -0.2) is 0 Å². The molecule has 0 bridgehead atoms. The maximum atomic E-state index is 13.1. The molecule has 126 valence electrons. The van der Waals surface area contributed by atoms with E-state index in [9.17, 15) is 9.59 Å². The number of para-hydroxylation sites is 1. The molecule has 1 aromatic carbocycles. The highest BCUT2D eigenvalue weighted by Gasteiger charge is 2.27. The molecule has 2 heterocycles. The second-order valence-corrected chi connectivity index (χ2v) is 7.07. The van der Waals surface area contributed by atoms with Crippen LogP contribution in [0, 0.1) is 6.92 Å². The lowest BCUT2D eigenvalue weighted by atomic mass is 10.1. The molecule has 2 amide bonds. The van der Waals surface area contributed by atoms with Crippen LogP contribution in [0.5, 0.6) is 5.75 Å². The summed E-state index contributed by atoms with van der Waals surface area (Å²) in [4.78, 5) is 27.6. The second kappa shape index (κ2) is 6.65. The van der Waals surface area contributed by atoms with Crippen LogP contribution in [0.25, 0.3) is 0 Å². The molecule has 0 fully saturated rings. The summed E-state index contributed by atoms with van der Waals surface area (Å²) in [6.45, 7) is 6.55. The third kappa shape index (κ3) is 3.14. The first-order valence-corrected chi connectivity index (χ1v) is 8.75. The van der Waals surface area contributed by atoms with Gasteiger partial charge in [0.1, 0.15) is 0 Å². The number of ether oxygens (including phenoxy) is 1. The fourth-order valence-electron chi connectivity index (χ4n) is 2.65. The van der Waals surface area contributed by atoms with Crippen molar-refractivity contribution in [3.05, 3.63) is 45.6 Å². The molecule has 2 aromatic rings. The summed E-state index contributed by atoms with van der Waals surface area (Å²) >= 11 is 1.65. The van der Waals surface area contributed by atoms with Crippen LogP contribution in [0.3, 0.4) is 0 Å². The number of hydrogen-bond acceptors (Lipinski definition) is 4. The van der Waals surface area contributed by atoms with E-state index in [1.807, 2.05) is 24.1 Å². The van der Waals surface area contributed by atoms with Gasteiger partial charge < -0.3 is 15.0 Å². The minimum absolute atomic E-state index is 0.0491. The molecular weight excluding hydrogens is 324 g/mol. The van der Waals surface area contributed by atoms with E-state index in [1.54, 1.807) is 29.5 Å². The molecule has 0 saturated carbocycles. The Morgan fingerprint density at radius 2 is 2.17 bits per heavy atom. The number of nitrogens with zero attached hydrogens (tertiary/aromatic N) is 1. The maximum absolute atomic E-state index is 13.1. The average molecular weight is 344 g/mol. The monoisotopic (exact) mass is 344 g/mol. The van der Waals surface area contributed by atoms with E-state index >= 15 is 0 Å². The van der Waals surface area contributed by atoms with E-state index in [0.29, 0.717) is 23.5 Å². The average Bonchev–Trinajstić information content (AvgIpc) is 2.95. The summed E-state index contributed by atoms with van der Waals surface area (Å²) in [6, 6.07) is 7.36. The fourth-order valence-corrected chi connectivity index (χ4v) is 3.55. The minimum atomic E-state index is -0.206. The Balaban J connectivity index is 1.93. The van der Waals surface area contributed by atoms with E-state index in [0.717, 1.165) is 0 Å². The van der Waals surface area contributed by atoms with Crippen LogP contribution in [0.2, 0.25) is 0 Å². The Labute approximate surface area is 145 Å². The highest BCUT2D eigenvalue weighted by Crippen LogP contribution is 2.33. The number of carbonyl (C=O) groups excluding carboxylic acids is 2. The molecule has 1 aliphatic heterocycles. The number of carbonyl (C=O) groups is 2.